The number of benzene rings is 2. The summed E-state index contributed by atoms with van der Waals surface area (Å²) in [7, 11) is 0. The molecule has 0 aromatic heterocycles. The van der Waals surface area contributed by atoms with Gasteiger partial charge in [0.1, 0.15) is 0 Å². The minimum Gasteiger partial charge on any atom is -0.462 e. The van der Waals surface area contributed by atoms with Crippen LogP contribution in [-0.2, 0) is 4.74 Å². The number of halogens is 4. The molecule has 0 unspecified atom stereocenters. The van der Waals surface area contributed by atoms with Crippen LogP contribution in [0.4, 0.5) is 5.69 Å². The van der Waals surface area contributed by atoms with Crippen molar-refractivity contribution in [3.05, 3.63) is 61.0 Å². The number of ether oxygens (including phenoxy) is 1. The van der Waals surface area contributed by atoms with Crippen molar-refractivity contribution in [2.24, 2.45) is 0 Å². The van der Waals surface area contributed by atoms with Crippen LogP contribution in [-0.4, -0.2) is 24.4 Å². The average Bonchev–Trinajstić information content (AvgIpc) is 2.89. The third-order valence-corrected chi connectivity index (χ3v) is 5.54. The molecule has 0 saturated heterocycles. The van der Waals surface area contributed by atoms with Crippen LogP contribution >= 0.6 is 46.4 Å². The van der Waals surface area contributed by atoms with Gasteiger partial charge in [-0.25, -0.2) is 9.69 Å². The maximum Gasteiger partial charge on any atom is 0.338 e. The maximum atomic E-state index is 12.7. The molecule has 0 spiro atoms. The zero-order chi connectivity index (χ0) is 19.2. The minimum absolute atomic E-state index is 0.0993. The molecule has 2 aromatic carbocycles. The van der Waals surface area contributed by atoms with Gasteiger partial charge in [-0.2, -0.15) is 0 Å². The monoisotopic (exact) mass is 431 g/mol. The van der Waals surface area contributed by atoms with E-state index in [1.54, 1.807) is 6.92 Å². The topological polar surface area (TPSA) is 63.7 Å². The first kappa shape index (κ1) is 19.0. The number of fused-ring (bicyclic) bond motifs is 1. The molecule has 2 amide bonds. The molecule has 0 saturated carbocycles. The molecule has 1 aliphatic heterocycles. The lowest BCUT2D eigenvalue weighted by Gasteiger charge is -2.14. The van der Waals surface area contributed by atoms with Gasteiger partial charge < -0.3 is 4.74 Å². The zero-order valence-electron chi connectivity index (χ0n) is 13.1. The van der Waals surface area contributed by atoms with E-state index >= 15 is 0 Å². The standard InChI is InChI=1S/C17H9Cl4NO4/c1-2-26-17(25)7-3-5-8(6-4-7)22-15(23)9-10(16(22)24)12(19)14(21)13(20)11(9)18/h3-6H,2H2,1H3. The van der Waals surface area contributed by atoms with Gasteiger partial charge >= 0.3 is 5.97 Å². The Morgan fingerprint density at radius 3 is 1.77 bits per heavy atom. The van der Waals surface area contributed by atoms with E-state index in [9.17, 15) is 14.4 Å². The number of imide groups is 1. The third-order valence-electron chi connectivity index (χ3n) is 3.74. The van der Waals surface area contributed by atoms with Crippen LogP contribution in [0.2, 0.25) is 20.1 Å². The molecule has 26 heavy (non-hydrogen) atoms. The van der Waals surface area contributed by atoms with E-state index in [1.165, 1.54) is 24.3 Å². The number of nitrogens with zero attached hydrogens (tertiary/aromatic N) is 1. The Kier molecular flexibility index (Phi) is 5.17. The first-order chi connectivity index (χ1) is 12.3. The quantitative estimate of drug-likeness (QED) is 0.286. The Morgan fingerprint density at radius 2 is 1.35 bits per heavy atom. The Labute approximate surface area is 168 Å². The van der Waals surface area contributed by atoms with Gasteiger partial charge in [0.25, 0.3) is 11.8 Å². The molecule has 0 bridgehead atoms. The molecule has 1 heterocycles. The van der Waals surface area contributed by atoms with Crippen molar-refractivity contribution in [2.75, 3.05) is 11.5 Å². The molecule has 5 nitrogen and oxygen atoms in total. The zero-order valence-corrected chi connectivity index (χ0v) is 16.1. The summed E-state index contributed by atoms with van der Waals surface area (Å²) in [5.74, 6) is -1.87. The van der Waals surface area contributed by atoms with E-state index in [4.69, 9.17) is 51.1 Å². The molecule has 0 fully saturated rings. The van der Waals surface area contributed by atoms with E-state index in [0.29, 0.717) is 0 Å². The number of carbonyl (C=O) groups is 3. The molecule has 0 aliphatic carbocycles. The van der Waals surface area contributed by atoms with Gasteiger partial charge in [-0.05, 0) is 31.2 Å². The van der Waals surface area contributed by atoms with Crippen LogP contribution < -0.4 is 4.90 Å². The predicted octanol–water partition coefficient (Wildman–Crippen LogP) is 5.28. The largest absolute Gasteiger partial charge is 0.462 e. The van der Waals surface area contributed by atoms with Gasteiger partial charge in [0.15, 0.2) is 0 Å². The van der Waals surface area contributed by atoms with E-state index in [0.717, 1.165) is 4.90 Å². The van der Waals surface area contributed by atoms with Crippen molar-refractivity contribution in [1.29, 1.82) is 0 Å². The van der Waals surface area contributed by atoms with Crippen molar-refractivity contribution in [3.63, 3.8) is 0 Å². The molecular weight excluding hydrogens is 424 g/mol. The van der Waals surface area contributed by atoms with Crippen molar-refractivity contribution >= 4 is 69.9 Å². The number of anilines is 1. The van der Waals surface area contributed by atoms with Gasteiger partial charge in [-0.3, -0.25) is 9.59 Å². The highest BCUT2D eigenvalue weighted by molar-refractivity contribution is 6.56. The molecular formula is C17H9Cl4NO4. The normalized spacial score (nSPS) is 13.2. The summed E-state index contributed by atoms with van der Waals surface area (Å²) >= 11 is 24.1. The SMILES string of the molecule is CCOC(=O)c1ccc(N2C(=O)c3c(Cl)c(Cl)c(Cl)c(Cl)c3C2=O)cc1. The molecule has 0 N–H and O–H groups in total. The van der Waals surface area contributed by atoms with Crippen molar-refractivity contribution < 1.29 is 19.1 Å². The van der Waals surface area contributed by atoms with Gasteiger partial charge in [-0.1, -0.05) is 46.4 Å². The number of rotatable bonds is 3. The second-order valence-electron chi connectivity index (χ2n) is 5.22. The van der Waals surface area contributed by atoms with Crippen LogP contribution in [0.15, 0.2) is 24.3 Å². The van der Waals surface area contributed by atoms with Crippen molar-refractivity contribution in [1.82, 2.24) is 0 Å². The van der Waals surface area contributed by atoms with Gasteiger partial charge in [0, 0.05) is 0 Å². The smallest absolute Gasteiger partial charge is 0.338 e. The predicted molar refractivity (Wildman–Crippen MR) is 100 cm³/mol. The molecule has 0 atom stereocenters. The highest BCUT2D eigenvalue weighted by Crippen LogP contribution is 2.45. The second-order valence-corrected chi connectivity index (χ2v) is 6.73. The van der Waals surface area contributed by atoms with Crippen LogP contribution in [0.25, 0.3) is 0 Å². The summed E-state index contributed by atoms with van der Waals surface area (Å²) in [6.45, 7) is 1.92. The van der Waals surface area contributed by atoms with E-state index in [1.807, 2.05) is 0 Å². The number of hydrogen-bond acceptors (Lipinski definition) is 4. The van der Waals surface area contributed by atoms with Crippen molar-refractivity contribution in [2.45, 2.75) is 6.92 Å². The third kappa shape index (κ3) is 2.85. The fourth-order valence-corrected chi connectivity index (χ4v) is 3.56. The molecule has 9 heteroatoms. The van der Waals surface area contributed by atoms with Gasteiger partial charge in [0.2, 0.25) is 0 Å². The lowest BCUT2D eigenvalue weighted by atomic mass is 10.1. The van der Waals surface area contributed by atoms with Crippen LogP contribution in [0, 0.1) is 0 Å². The summed E-state index contributed by atoms with van der Waals surface area (Å²) in [4.78, 5) is 38.1. The summed E-state index contributed by atoms with van der Waals surface area (Å²) in [5.41, 5.74) is 0.314. The van der Waals surface area contributed by atoms with Crippen LogP contribution in [0.1, 0.15) is 38.0 Å². The fraction of sp³-hybridized carbons (Fsp3) is 0.118. The number of carbonyl (C=O) groups excluding carboxylic acids is 3. The number of hydrogen-bond donors (Lipinski definition) is 0. The Bertz CT molecular complexity index is 909. The molecule has 2 aromatic rings. The van der Waals surface area contributed by atoms with Gasteiger partial charge in [0.05, 0.1) is 49.1 Å². The van der Waals surface area contributed by atoms with Gasteiger partial charge in [-0.15, -0.1) is 0 Å². The Hall–Kier alpha value is -1.79. The first-order valence-corrected chi connectivity index (χ1v) is 8.82. The van der Waals surface area contributed by atoms with E-state index < -0.39 is 17.8 Å². The highest BCUT2D eigenvalue weighted by Gasteiger charge is 2.42. The molecule has 1 aliphatic rings. The summed E-state index contributed by atoms with van der Waals surface area (Å²) in [5, 5.41) is -0.476. The molecule has 3 rings (SSSR count). The van der Waals surface area contributed by atoms with Crippen LogP contribution in [0.3, 0.4) is 0 Å². The lowest BCUT2D eigenvalue weighted by molar-refractivity contribution is 0.0526. The number of amides is 2. The first-order valence-electron chi connectivity index (χ1n) is 7.31. The van der Waals surface area contributed by atoms with Crippen molar-refractivity contribution in [3.8, 4) is 0 Å². The van der Waals surface area contributed by atoms with E-state index in [-0.39, 0.29) is 49.1 Å². The Balaban J connectivity index is 2.05. The summed E-state index contributed by atoms with van der Waals surface area (Å²) in [6, 6.07) is 5.78. The second kappa shape index (κ2) is 7.08. The number of esters is 1. The molecule has 134 valence electrons. The summed E-state index contributed by atoms with van der Waals surface area (Å²) < 4.78 is 4.89. The maximum absolute atomic E-state index is 12.7. The fourth-order valence-electron chi connectivity index (χ4n) is 2.54. The minimum atomic E-state index is -0.681. The lowest BCUT2D eigenvalue weighted by Crippen LogP contribution is -2.29. The van der Waals surface area contributed by atoms with Crippen LogP contribution in [0.5, 0.6) is 0 Å². The average molecular weight is 433 g/mol. The highest BCUT2D eigenvalue weighted by atomic mass is 35.5. The Morgan fingerprint density at radius 1 is 0.885 bits per heavy atom. The molecule has 0 radical (unpaired) electrons. The summed E-state index contributed by atoms with van der Waals surface area (Å²) in [6.07, 6.45) is 0. The van der Waals surface area contributed by atoms with E-state index in [2.05, 4.69) is 0 Å².